The fourth-order valence-corrected chi connectivity index (χ4v) is 3.41. The van der Waals surface area contributed by atoms with E-state index in [4.69, 9.17) is 0 Å². The summed E-state index contributed by atoms with van der Waals surface area (Å²) in [4.78, 5) is 0. The van der Waals surface area contributed by atoms with Crippen LogP contribution in [0.4, 0.5) is 0 Å². The van der Waals surface area contributed by atoms with Crippen LogP contribution in [-0.2, 0) is 26.2 Å². The van der Waals surface area contributed by atoms with Crippen molar-refractivity contribution in [1.82, 2.24) is 0 Å². The van der Waals surface area contributed by atoms with Crippen molar-refractivity contribution in [3.63, 3.8) is 0 Å². The van der Waals surface area contributed by atoms with Gasteiger partial charge in [0.25, 0.3) is 0 Å². The second kappa shape index (κ2) is 9.88. The number of allylic oxidation sites excluding steroid dienone is 4. The Morgan fingerprint density at radius 2 is 1.77 bits per heavy atom. The SMILES string of the molecule is CC1=CC2=CSCC2=C1.Cc1cc2ccccc2[cH-]1.[Cl-].[Cl-].[Zr+3]. The predicted molar refractivity (Wildman–Crippen MR) is 86.7 cm³/mol. The quantitative estimate of drug-likeness (QED) is 0.505. The number of halogens is 2. The first-order valence-electron chi connectivity index (χ1n) is 6.55. The summed E-state index contributed by atoms with van der Waals surface area (Å²) in [5.74, 6) is 1.18. The van der Waals surface area contributed by atoms with Gasteiger partial charge in [-0.2, -0.15) is 6.07 Å². The van der Waals surface area contributed by atoms with E-state index in [0.29, 0.717) is 0 Å². The van der Waals surface area contributed by atoms with Crippen LogP contribution in [0.25, 0.3) is 10.8 Å². The van der Waals surface area contributed by atoms with Crippen LogP contribution in [0.15, 0.2) is 70.7 Å². The minimum atomic E-state index is 0. The van der Waals surface area contributed by atoms with Crippen molar-refractivity contribution in [3.8, 4) is 0 Å². The molecule has 2 aromatic rings. The Bertz CT molecular complexity index is 678. The van der Waals surface area contributed by atoms with E-state index < -0.39 is 0 Å². The molecule has 113 valence electrons. The zero-order chi connectivity index (χ0) is 13.2. The van der Waals surface area contributed by atoms with Gasteiger partial charge in [-0.25, -0.2) is 0 Å². The standard InChI is InChI=1S/C10H9.C8H8S.2ClH.Zr/c1-8-6-9-4-2-3-5-10(9)7-8;1-6-2-7-4-9-5-8(7)3-6;;;/h2-7H,1H3;2-4H,5H2,1H3;2*1H;/q-1;;;;+3/p-2. The van der Waals surface area contributed by atoms with Crippen molar-refractivity contribution < 1.29 is 51.0 Å². The fraction of sp³-hybridized carbons (Fsp3) is 0.167. The molecule has 1 heterocycles. The van der Waals surface area contributed by atoms with Gasteiger partial charge in [0.15, 0.2) is 0 Å². The van der Waals surface area contributed by atoms with E-state index >= 15 is 0 Å². The molecule has 22 heavy (non-hydrogen) atoms. The number of benzene rings is 1. The topological polar surface area (TPSA) is 0 Å². The number of thioether (sulfide) groups is 1. The average molecular weight is 428 g/mol. The third-order valence-corrected chi connectivity index (χ3v) is 4.27. The van der Waals surface area contributed by atoms with Crippen molar-refractivity contribution >= 4 is 22.5 Å². The largest absolute Gasteiger partial charge is 3.00 e. The molecule has 1 radical (unpaired) electrons. The van der Waals surface area contributed by atoms with E-state index in [1.165, 1.54) is 38.8 Å². The molecular formula is C18H17Cl2SZr. The van der Waals surface area contributed by atoms with Crippen molar-refractivity contribution in [1.29, 1.82) is 0 Å². The number of hydrogen-bond donors (Lipinski definition) is 0. The fourth-order valence-electron chi connectivity index (χ4n) is 2.50. The van der Waals surface area contributed by atoms with Crippen molar-refractivity contribution in [2.75, 3.05) is 5.75 Å². The molecule has 4 heteroatoms. The van der Waals surface area contributed by atoms with Gasteiger partial charge in [-0.1, -0.05) is 30.7 Å². The number of rotatable bonds is 0. The van der Waals surface area contributed by atoms with Crippen LogP contribution < -0.4 is 24.8 Å². The summed E-state index contributed by atoms with van der Waals surface area (Å²) >= 11 is 1.89. The second-order valence-corrected chi connectivity index (χ2v) is 5.96. The molecule has 2 aromatic carbocycles. The van der Waals surface area contributed by atoms with Crippen LogP contribution in [0.5, 0.6) is 0 Å². The molecule has 0 amide bonds. The summed E-state index contributed by atoms with van der Waals surface area (Å²) < 4.78 is 0. The molecule has 0 nitrogen and oxygen atoms in total. The summed E-state index contributed by atoms with van der Waals surface area (Å²) in [6.07, 6.45) is 4.52. The van der Waals surface area contributed by atoms with Gasteiger partial charge >= 0.3 is 26.2 Å². The molecule has 0 fully saturated rings. The van der Waals surface area contributed by atoms with Gasteiger partial charge in [-0.15, -0.1) is 52.4 Å². The van der Waals surface area contributed by atoms with Crippen LogP contribution in [0.1, 0.15) is 12.5 Å². The first kappa shape index (κ1) is 21.9. The summed E-state index contributed by atoms with van der Waals surface area (Å²) in [7, 11) is 0. The Morgan fingerprint density at radius 1 is 1.05 bits per heavy atom. The molecule has 0 saturated heterocycles. The monoisotopic (exact) mass is 425 g/mol. The van der Waals surface area contributed by atoms with E-state index in [0.717, 1.165) is 0 Å². The van der Waals surface area contributed by atoms with E-state index in [9.17, 15) is 0 Å². The molecule has 1 aliphatic carbocycles. The van der Waals surface area contributed by atoms with Crippen LogP contribution >= 0.6 is 11.8 Å². The maximum atomic E-state index is 2.27. The number of fused-ring (bicyclic) bond motifs is 2. The van der Waals surface area contributed by atoms with Crippen LogP contribution in [0.2, 0.25) is 0 Å². The van der Waals surface area contributed by atoms with Gasteiger partial charge in [0, 0.05) is 5.75 Å². The molecule has 0 bridgehead atoms. The van der Waals surface area contributed by atoms with Crippen molar-refractivity contribution in [2.24, 2.45) is 0 Å². The van der Waals surface area contributed by atoms with E-state index in [1.807, 2.05) is 11.8 Å². The van der Waals surface area contributed by atoms with Crippen LogP contribution in [0, 0.1) is 6.92 Å². The molecule has 0 N–H and O–H groups in total. The normalized spacial score (nSPS) is 14.2. The number of hydrogen-bond acceptors (Lipinski definition) is 1. The molecule has 0 saturated carbocycles. The van der Waals surface area contributed by atoms with Gasteiger partial charge in [0.2, 0.25) is 0 Å². The minimum absolute atomic E-state index is 0. The second-order valence-electron chi connectivity index (χ2n) is 5.10. The van der Waals surface area contributed by atoms with Crippen molar-refractivity contribution in [2.45, 2.75) is 13.8 Å². The average Bonchev–Trinajstić information content (AvgIpc) is 3.02. The third-order valence-electron chi connectivity index (χ3n) is 3.37. The smallest absolute Gasteiger partial charge is 1.00 e. The van der Waals surface area contributed by atoms with E-state index in [1.54, 1.807) is 0 Å². The van der Waals surface area contributed by atoms with Crippen molar-refractivity contribution in [3.05, 3.63) is 76.2 Å². The van der Waals surface area contributed by atoms with Gasteiger partial charge in [0.1, 0.15) is 0 Å². The van der Waals surface area contributed by atoms with E-state index in [-0.39, 0.29) is 51.0 Å². The Morgan fingerprint density at radius 3 is 2.45 bits per heavy atom. The van der Waals surface area contributed by atoms with E-state index in [2.05, 4.69) is 67.8 Å². The third kappa shape index (κ3) is 5.20. The minimum Gasteiger partial charge on any atom is -1.00 e. The van der Waals surface area contributed by atoms with Crippen LogP contribution in [0.3, 0.4) is 0 Å². The molecule has 0 atom stereocenters. The zero-order valence-electron chi connectivity index (χ0n) is 12.6. The summed E-state index contributed by atoms with van der Waals surface area (Å²) in [6, 6.07) is 12.8. The Kier molecular flexibility index (Phi) is 9.82. The Hall–Kier alpha value is -0.137. The maximum Gasteiger partial charge on any atom is 3.00 e. The molecule has 2 aliphatic rings. The summed E-state index contributed by atoms with van der Waals surface area (Å²) in [5, 5.41) is 4.93. The first-order valence-corrected chi connectivity index (χ1v) is 7.60. The van der Waals surface area contributed by atoms with Gasteiger partial charge < -0.3 is 24.8 Å². The molecule has 1 aliphatic heterocycles. The predicted octanol–water partition coefficient (Wildman–Crippen LogP) is -0.624. The molecular weight excluding hydrogens is 410 g/mol. The van der Waals surface area contributed by atoms with Gasteiger partial charge in [-0.05, 0) is 23.5 Å². The maximum absolute atomic E-state index is 2.27. The first-order chi connectivity index (χ1) is 9.22. The van der Waals surface area contributed by atoms with Crippen LogP contribution in [-0.4, -0.2) is 5.75 Å². The Labute approximate surface area is 168 Å². The molecule has 0 spiro atoms. The molecule has 0 unspecified atom stereocenters. The zero-order valence-corrected chi connectivity index (χ0v) is 17.4. The summed E-state index contributed by atoms with van der Waals surface area (Å²) in [5.41, 5.74) is 5.70. The Balaban J connectivity index is 0.000000354. The van der Waals surface area contributed by atoms with Gasteiger partial charge in [0.05, 0.1) is 0 Å². The van der Waals surface area contributed by atoms with Gasteiger partial charge in [-0.3, -0.25) is 0 Å². The molecule has 0 aromatic heterocycles. The summed E-state index contributed by atoms with van der Waals surface area (Å²) in [6.45, 7) is 4.27. The molecule has 4 rings (SSSR count). The number of aryl methyl sites for hydroxylation is 1.